The number of methoxy groups -OCH3 is 2. The Bertz CT molecular complexity index is 477. The normalized spacial score (nSPS) is 54.0. The molecule has 0 N–H and O–H groups in total. The maximum atomic E-state index is 6.01. The molecule has 4 aliphatic carbocycles. The molecule has 4 saturated carbocycles. The Hall–Kier alpha value is -0.0800. The molecular formula is C22H38O2. The predicted molar refractivity (Wildman–Crippen MR) is 98.0 cm³/mol. The number of ether oxygens (including phenoxy) is 2. The van der Waals surface area contributed by atoms with Gasteiger partial charge in [0.25, 0.3) is 0 Å². The fourth-order valence-electron chi connectivity index (χ4n) is 8.39. The quantitative estimate of drug-likeness (QED) is 0.683. The van der Waals surface area contributed by atoms with Gasteiger partial charge in [0.1, 0.15) is 0 Å². The molecule has 2 heteroatoms. The van der Waals surface area contributed by atoms with Crippen molar-refractivity contribution >= 4 is 0 Å². The van der Waals surface area contributed by atoms with E-state index in [0.717, 1.165) is 24.4 Å². The van der Waals surface area contributed by atoms with Crippen molar-refractivity contribution in [3.05, 3.63) is 0 Å². The van der Waals surface area contributed by atoms with E-state index in [-0.39, 0.29) is 0 Å². The molecule has 2 nitrogen and oxygen atoms in total. The summed E-state index contributed by atoms with van der Waals surface area (Å²) in [6, 6.07) is 0. The minimum absolute atomic E-state index is 0.316. The average molecular weight is 335 g/mol. The fourth-order valence-corrected chi connectivity index (χ4v) is 8.39. The van der Waals surface area contributed by atoms with Gasteiger partial charge in [0.2, 0.25) is 0 Å². The Balaban J connectivity index is 1.72. The van der Waals surface area contributed by atoms with Crippen LogP contribution in [0.3, 0.4) is 0 Å². The molecule has 24 heavy (non-hydrogen) atoms. The summed E-state index contributed by atoms with van der Waals surface area (Å²) in [5, 5.41) is 0. The zero-order valence-electron chi connectivity index (χ0n) is 16.4. The Morgan fingerprint density at radius 1 is 0.833 bits per heavy atom. The fraction of sp³-hybridized carbons (Fsp3) is 1.00. The van der Waals surface area contributed by atoms with Crippen LogP contribution in [-0.2, 0) is 9.47 Å². The van der Waals surface area contributed by atoms with Crippen molar-refractivity contribution < 1.29 is 9.47 Å². The Kier molecular flexibility index (Phi) is 4.32. The van der Waals surface area contributed by atoms with Crippen LogP contribution in [0.5, 0.6) is 0 Å². The molecule has 0 aromatic rings. The standard InChI is InChI=1S/C22H38O2/c1-20-12-6-5-7-16(20)8-9-18-17(20)10-13-21(2)19(24-4)11-14-22(18,21)15-23-3/h16-19H,5-15H2,1-4H3/t16-,17?,18?,19?,20+,21-,22-/m1/s1. The van der Waals surface area contributed by atoms with E-state index in [0.29, 0.717) is 22.3 Å². The van der Waals surface area contributed by atoms with Gasteiger partial charge in [0.15, 0.2) is 0 Å². The minimum Gasteiger partial charge on any atom is -0.384 e. The van der Waals surface area contributed by atoms with E-state index in [1.54, 1.807) is 0 Å². The van der Waals surface area contributed by atoms with Gasteiger partial charge in [-0.15, -0.1) is 0 Å². The van der Waals surface area contributed by atoms with Crippen LogP contribution in [0.2, 0.25) is 0 Å². The third-order valence-corrected chi connectivity index (χ3v) is 9.68. The summed E-state index contributed by atoms with van der Waals surface area (Å²) in [5.74, 6) is 2.78. The number of hydrogen-bond donors (Lipinski definition) is 0. The second kappa shape index (κ2) is 5.98. The highest BCUT2D eigenvalue weighted by molar-refractivity contribution is 5.16. The van der Waals surface area contributed by atoms with Crippen molar-refractivity contribution in [3.8, 4) is 0 Å². The molecule has 0 aliphatic heterocycles. The lowest BCUT2D eigenvalue weighted by molar-refractivity contribution is -0.190. The number of hydrogen-bond acceptors (Lipinski definition) is 2. The summed E-state index contributed by atoms with van der Waals surface area (Å²) < 4.78 is 11.9. The molecule has 4 fully saturated rings. The second-order valence-corrected chi connectivity index (χ2v) is 10.0. The molecule has 0 radical (unpaired) electrons. The van der Waals surface area contributed by atoms with Crippen molar-refractivity contribution in [3.63, 3.8) is 0 Å². The van der Waals surface area contributed by atoms with Crippen molar-refractivity contribution in [2.75, 3.05) is 20.8 Å². The summed E-state index contributed by atoms with van der Waals surface area (Å²) in [6.07, 6.45) is 14.6. The van der Waals surface area contributed by atoms with Crippen LogP contribution in [0.1, 0.15) is 78.1 Å². The predicted octanol–water partition coefficient (Wildman–Crippen LogP) is 5.45. The third-order valence-electron chi connectivity index (χ3n) is 9.68. The van der Waals surface area contributed by atoms with Crippen LogP contribution in [0.4, 0.5) is 0 Å². The molecule has 138 valence electrons. The summed E-state index contributed by atoms with van der Waals surface area (Å²) in [7, 11) is 3.86. The maximum absolute atomic E-state index is 6.01. The third kappa shape index (κ3) is 2.08. The molecule has 0 amide bonds. The molecule has 4 rings (SSSR count). The lowest BCUT2D eigenvalue weighted by Gasteiger charge is -2.64. The molecule has 4 aliphatic rings. The summed E-state index contributed by atoms with van der Waals surface area (Å²) in [4.78, 5) is 0. The lowest BCUT2D eigenvalue weighted by atomic mass is 9.41. The molecule has 7 atom stereocenters. The average Bonchev–Trinajstić information content (AvgIpc) is 2.87. The molecule has 3 unspecified atom stereocenters. The molecule has 0 aromatic carbocycles. The van der Waals surface area contributed by atoms with Gasteiger partial charge >= 0.3 is 0 Å². The first-order valence-corrected chi connectivity index (χ1v) is 10.5. The molecule has 0 bridgehead atoms. The highest BCUT2D eigenvalue weighted by Crippen LogP contribution is 2.71. The first-order chi connectivity index (χ1) is 11.5. The van der Waals surface area contributed by atoms with Crippen LogP contribution >= 0.6 is 0 Å². The van der Waals surface area contributed by atoms with E-state index >= 15 is 0 Å². The van der Waals surface area contributed by atoms with Crippen LogP contribution in [0, 0.1) is 34.0 Å². The topological polar surface area (TPSA) is 18.5 Å². The van der Waals surface area contributed by atoms with E-state index in [4.69, 9.17) is 9.47 Å². The van der Waals surface area contributed by atoms with Gasteiger partial charge in [-0.2, -0.15) is 0 Å². The molecule has 0 spiro atoms. The molecule has 0 saturated heterocycles. The Morgan fingerprint density at radius 2 is 1.67 bits per heavy atom. The highest BCUT2D eigenvalue weighted by Gasteiger charge is 2.67. The maximum Gasteiger partial charge on any atom is 0.0631 e. The second-order valence-electron chi connectivity index (χ2n) is 10.0. The molecule has 0 heterocycles. The van der Waals surface area contributed by atoms with Gasteiger partial charge in [-0.3, -0.25) is 0 Å². The van der Waals surface area contributed by atoms with Crippen molar-refractivity contribution in [2.45, 2.75) is 84.2 Å². The largest absolute Gasteiger partial charge is 0.384 e. The van der Waals surface area contributed by atoms with Gasteiger partial charge in [-0.05, 0) is 74.5 Å². The van der Waals surface area contributed by atoms with Gasteiger partial charge in [-0.25, -0.2) is 0 Å². The SMILES string of the molecule is COC[C@@]12CCC(OC)[C@@]1(C)CCC1C2CC[C@H]2CCCC[C@]12C. The van der Waals surface area contributed by atoms with Crippen LogP contribution in [0.25, 0.3) is 0 Å². The van der Waals surface area contributed by atoms with Crippen LogP contribution in [0.15, 0.2) is 0 Å². The first-order valence-electron chi connectivity index (χ1n) is 10.5. The van der Waals surface area contributed by atoms with Gasteiger partial charge in [0, 0.05) is 25.0 Å². The van der Waals surface area contributed by atoms with Gasteiger partial charge in [0.05, 0.1) is 12.7 Å². The smallest absolute Gasteiger partial charge is 0.0631 e. The van der Waals surface area contributed by atoms with E-state index in [1.165, 1.54) is 64.2 Å². The van der Waals surface area contributed by atoms with Crippen LogP contribution in [-0.4, -0.2) is 26.9 Å². The zero-order chi connectivity index (χ0) is 17.0. The summed E-state index contributed by atoms with van der Waals surface area (Å²) in [5.41, 5.74) is 1.28. The zero-order valence-corrected chi connectivity index (χ0v) is 16.4. The van der Waals surface area contributed by atoms with E-state index in [9.17, 15) is 0 Å². The van der Waals surface area contributed by atoms with E-state index in [1.807, 2.05) is 14.2 Å². The number of fused-ring (bicyclic) bond motifs is 5. The summed E-state index contributed by atoms with van der Waals surface area (Å²) in [6.45, 7) is 6.16. The van der Waals surface area contributed by atoms with Gasteiger partial charge in [-0.1, -0.05) is 26.7 Å². The summed E-state index contributed by atoms with van der Waals surface area (Å²) >= 11 is 0. The van der Waals surface area contributed by atoms with Gasteiger partial charge < -0.3 is 9.47 Å². The van der Waals surface area contributed by atoms with E-state index in [2.05, 4.69) is 13.8 Å². The van der Waals surface area contributed by atoms with Crippen LogP contribution < -0.4 is 0 Å². The first kappa shape index (κ1) is 17.3. The lowest BCUT2D eigenvalue weighted by Crippen LogP contribution is -2.60. The minimum atomic E-state index is 0.316. The number of rotatable bonds is 3. The van der Waals surface area contributed by atoms with E-state index < -0.39 is 0 Å². The molecule has 0 aromatic heterocycles. The van der Waals surface area contributed by atoms with Crippen molar-refractivity contribution in [2.24, 2.45) is 34.0 Å². The molecular weight excluding hydrogens is 296 g/mol. The Labute approximate surface area is 149 Å². The monoisotopic (exact) mass is 334 g/mol. The van der Waals surface area contributed by atoms with Crippen molar-refractivity contribution in [1.29, 1.82) is 0 Å². The Morgan fingerprint density at radius 3 is 2.42 bits per heavy atom. The highest BCUT2D eigenvalue weighted by atomic mass is 16.5. The van der Waals surface area contributed by atoms with Crippen molar-refractivity contribution in [1.82, 2.24) is 0 Å².